The highest BCUT2D eigenvalue weighted by molar-refractivity contribution is 5.83. The van der Waals surface area contributed by atoms with Gasteiger partial charge in [0.2, 0.25) is 5.91 Å². The van der Waals surface area contributed by atoms with Crippen LogP contribution >= 0.6 is 0 Å². The van der Waals surface area contributed by atoms with Gasteiger partial charge in [-0.1, -0.05) is 43.7 Å². The molecular weight excluding hydrogens is 250 g/mol. The SMILES string of the molecule is CCC(C(=O)NCC1CCCC(O)C1)c1ccccc1. The predicted molar refractivity (Wildman–Crippen MR) is 80.4 cm³/mol. The molecule has 0 radical (unpaired) electrons. The van der Waals surface area contributed by atoms with E-state index in [1.54, 1.807) is 0 Å². The quantitative estimate of drug-likeness (QED) is 0.868. The van der Waals surface area contributed by atoms with Gasteiger partial charge in [0.15, 0.2) is 0 Å². The fraction of sp³-hybridized carbons (Fsp3) is 0.588. The summed E-state index contributed by atoms with van der Waals surface area (Å²) in [4.78, 5) is 12.3. The van der Waals surface area contributed by atoms with E-state index < -0.39 is 0 Å². The minimum atomic E-state index is -0.179. The lowest BCUT2D eigenvalue weighted by Gasteiger charge is -2.26. The molecule has 1 amide bonds. The van der Waals surface area contributed by atoms with Crippen LogP contribution in [-0.2, 0) is 4.79 Å². The second kappa shape index (κ2) is 7.44. The van der Waals surface area contributed by atoms with Gasteiger partial charge in [0.05, 0.1) is 12.0 Å². The van der Waals surface area contributed by atoms with Crippen molar-refractivity contribution >= 4 is 5.91 Å². The lowest BCUT2D eigenvalue weighted by atomic mass is 9.87. The average Bonchev–Trinajstić information content (AvgIpc) is 2.47. The monoisotopic (exact) mass is 275 g/mol. The fourth-order valence-electron chi connectivity index (χ4n) is 3.07. The Morgan fingerprint density at radius 2 is 2.10 bits per heavy atom. The summed E-state index contributed by atoms with van der Waals surface area (Å²) in [6.07, 6.45) is 4.54. The molecule has 0 spiro atoms. The number of nitrogens with one attached hydrogen (secondary N) is 1. The van der Waals surface area contributed by atoms with Crippen molar-refractivity contribution in [1.82, 2.24) is 5.32 Å². The van der Waals surface area contributed by atoms with Crippen LogP contribution < -0.4 is 5.32 Å². The molecular formula is C17H25NO2. The molecule has 20 heavy (non-hydrogen) atoms. The summed E-state index contributed by atoms with van der Waals surface area (Å²) in [5, 5.41) is 12.7. The first-order valence-electron chi connectivity index (χ1n) is 7.71. The van der Waals surface area contributed by atoms with Crippen LogP contribution in [0.5, 0.6) is 0 Å². The van der Waals surface area contributed by atoms with E-state index >= 15 is 0 Å². The number of benzene rings is 1. The van der Waals surface area contributed by atoms with Crippen LogP contribution in [0.2, 0.25) is 0 Å². The van der Waals surface area contributed by atoms with Gasteiger partial charge in [-0.05, 0) is 37.2 Å². The molecule has 0 aromatic heterocycles. The van der Waals surface area contributed by atoms with Crippen LogP contribution in [0.4, 0.5) is 0 Å². The summed E-state index contributed by atoms with van der Waals surface area (Å²) >= 11 is 0. The number of aliphatic hydroxyl groups excluding tert-OH is 1. The number of aliphatic hydroxyl groups is 1. The molecule has 1 aromatic rings. The van der Waals surface area contributed by atoms with Crippen molar-refractivity contribution in [3.05, 3.63) is 35.9 Å². The summed E-state index contributed by atoms with van der Waals surface area (Å²) < 4.78 is 0. The van der Waals surface area contributed by atoms with Gasteiger partial charge in [-0.3, -0.25) is 4.79 Å². The molecule has 110 valence electrons. The molecule has 0 bridgehead atoms. The number of rotatable bonds is 5. The maximum absolute atomic E-state index is 12.3. The molecule has 3 unspecified atom stereocenters. The van der Waals surface area contributed by atoms with Gasteiger partial charge in [0, 0.05) is 6.54 Å². The second-order valence-corrected chi connectivity index (χ2v) is 5.80. The predicted octanol–water partition coefficient (Wildman–Crippen LogP) is 2.85. The minimum Gasteiger partial charge on any atom is -0.393 e. The maximum Gasteiger partial charge on any atom is 0.227 e. The zero-order valence-electron chi connectivity index (χ0n) is 12.2. The van der Waals surface area contributed by atoms with E-state index in [0.29, 0.717) is 12.5 Å². The topological polar surface area (TPSA) is 49.3 Å². The van der Waals surface area contributed by atoms with Crippen LogP contribution in [0.1, 0.15) is 50.5 Å². The van der Waals surface area contributed by atoms with Gasteiger partial charge in [0.1, 0.15) is 0 Å². The third kappa shape index (κ3) is 4.07. The number of carbonyl (C=O) groups is 1. The van der Waals surface area contributed by atoms with Crippen LogP contribution in [0.3, 0.4) is 0 Å². The van der Waals surface area contributed by atoms with E-state index in [-0.39, 0.29) is 17.9 Å². The van der Waals surface area contributed by atoms with Gasteiger partial charge in [-0.25, -0.2) is 0 Å². The Labute approximate surface area is 121 Å². The molecule has 1 aliphatic carbocycles. The molecule has 0 aliphatic heterocycles. The zero-order valence-corrected chi connectivity index (χ0v) is 12.2. The van der Waals surface area contributed by atoms with E-state index in [2.05, 4.69) is 5.32 Å². The van der Waals surface area contributed by atoms with E-state index in [9.17, 15) is 9.90 Å². The van der Waals surface area contributed by atoms with Gasteiger partial charge < -0.3 is 10.4 Å². The number of carbonyl (C=O) groups excluding carboxylic acids is 1. The van der Waals surface area contributed by atoms with Crippen LogP contribution in [0.15, 0.2) is 30.3 Å². The van der Waals surface area contributed by atoms with Gasteiger partial charge in [-0.15, -0.1) is 0 Å². The molecule has 2 N–H and O–H groups in total. The third-order valence-corrected chi connectivity index (χ3v) is 4.25. The molecule has 1 saturated carbocycles. The first-order chi connectivity index (χ1) is 9.70. The van der Waals surface area contributed by atoms with Crippen molar-refractivity contribution in [1.29, 1.82) is 0 Å². The van der Waals surface area contributed by atoms with E-state index in [4.69, 9.17) is 0 Å². The Balaban J connectivity index is 1.87. The Morgan fingerprint density at radius 3 is 2.75 bits per heavy atom. The van der Waals surface area contributed by atoms with Gasteiger partial charge in [-0.2, -0.15) is 0 Å². The number of hydrogen-bond donors (Lipinski definition) is 2. The third-order valence-electron chi connectivity index (χ3n) is 4.25. The van der Waals surface area contributed by atoms with Crippen molar-refractivity contribution in [3.8, 4) is 0 Å². The van der Waals surface area contributed by atoms with Crippen LogP contribution in [0.25, 0.3) is 0 Å². The highest BCUT2D eigenvalue weighted by atomic mass is 16.3. The normalized spacial score (nSPS) is 24.1. The van der Waals surface area contributed by atoms with Gasteiger partial charge >= 0.3 is 0 Å². The Morgan fingerprint density at radius 1 is 1.35 bits per heavy atom. The molecule has 3 atom stereocenters. The lowest BCUT2D eigenvalue weighted by molar-refractivity contribution is -0.123. The summed E-state index contributed by atoms with van der Waals surface area (Å²) in [5.74, 6) is 0.472. The molecule has 3 nitrogen and oxygen atoms in total. The van der Waals surface area contributed by atoms with Crippen LogP contribution in [0, 0.1) is 5.92 Å². The number of amides is 1. The van der Waals surface area contributed by atoms with Crippen molar-refractivity contribution in [2.75, 3.05) is 6.54 Å². The lowest BCUT2D eigenvalue weighted by Crippen LogP contribution is -2.35. The molecule has 1 fully saturated rings. The fourth-order valence-corrected chi connectivity index (χ4v) is 3.07. The largest absolute Gasteiger partial charge is 0.393 e. The highest BCUT2D eigenvalue weighted by Crippen LogP contribution is 2.24. The Hall–Kier alpha value is -1.35. The summed E-state index contributed by atoms with van der Waals surface area (Å²) in [7, 11) is 0. The van der Waals surface area contributed by atoms with E-state index in [0.717, 1.165) is 37.7 Å². The smallest absolute Gasteiger partial charge is 0.227 e. The Kier molecular flexibility index (Phi) is 5.60. The van der Waals surface area contributed by atoms with Crippen molar-refractivity contribution in [3.63, 3.8) is 0 Å². The van der Waals surface area contributed by atoms with Crippen LogP contribution in [-0.4, -0.2) is 23.7 Å². The van der Waals surface area contributed by atoms with E-state index in [1.807, 2.05) is 37.3 Å². The van der Waals surface area contributed by atoms with E-state index in [1.165, 1.54) is 0 Å². The first kappa shape index (κ1) is 15.0. The molecule has 0 saturated heterocycles. The molecule has 1 aromatic carbocycles. The summed E-state index contributed by atoms with van der Waals surface area (Å²) in [6, 6.07) is 9.94. The average molecular weight is 275 g/mol. The Bertz CT molecular complexity index is 418. The van der Waals surface area contributed by atoms with Gasteiger partial charge in [0.25, 0.3) is 0 Å². The van der Waals surface area contributed by atoms with Crippen molar-refractivity contribution in [2.45, 2.75) is 51.0 Å². The molecule has 3 heteroatoms. The van der Waals surface area contributed by atoms with Crippen molar-refractivity contribution in [2.24, 2.45) is 5.92 Å². The maximum atomic E-state index is 12.3. The van der Waals surface area contributed by atoms with Crippen molar-refractivity contribution < 1.29 is 9.90 Å². The highest BCUT2D eigenvalue weighted by Gasteiger charge is 2.23. The number of hydrogen-bond acceptors (Lipinski definition) is 2. The zero-order chi connectivity index (χ0) is 14.4. The molecule has 1 aliphatic rings. The molecule has 2 rings (SSSR count). The second-order valence-electron chi connectivity index (χ2n) is 5.80. The minimum absolute atomic E-state index is 0.0651. The standard InChI is InChI=1S/C17H25NO2/c1-2-16(14-8-4-3-5-9-14)17(20)18-12-13-7-6-10-15(19)11-13/h3-5,8-9,13,15-16,19H,2,6-7,10-12H2,1H3,(H,18,20). The first-order valence-corrected chi connectivity index (χ1v) is 7.71. The summed E-state index contributed by atoms with van der Waals surface area (Å²) in [5.41, 5.74) is 1.08. The summed E-state index contributed by atoms with van der Waals surface area (Å²) in [6.45, 7) is 2.74. The molecule has 0 heterocycles.